The normalized spacial score (nSPS) is 14.3. The zero-order chi connectivity index (χ0) is 14.5. The van der Waals surface area contributed by atoms with Gasteiger partial charge in [0, 0.05) is 25.7 Å². The van der Waals surface area contributed by atoms with E-state index in [0.29, 0.717) is 25.6 Å². The number of nitrogens with zero attached hydrogens (tertiary/aromatic N) is 3. The Morgan fingerprint density at radius 1 is 1.50 bits per heavy atom. The molecule has 0 atom stereocenters. The van der Waals surface area contributed by atoms with Crippen LogP contribution < -0.4 is 5.32 Å². The first-order chi connectivity index (χ1) is 9.63. The maximum absolute atomic E-state index is 11.1. The molecule has 8 heteroatoms. The summed E-state index contributed by atoms with van der Waals surface area (Å²) in [5, 5.41) is 13.9. The van der Waals surface area contributed by atoms with E-state index in [1.807, 2.05) is 6.92 Å². The average Bonchev–Trinajstić information content (AvgIpc) is 3.21. The van der Waals surface area contributed by atoms with Crippen molar-refractivity contribution < 1.29 is 9.66 Å². The topological polar surface area (TPSA) is 90.2 Å². The van der Waals surface area contributed by atoms with Crippen LogP contribution >= 0.6 is 11.6 Å². The molecule has 20 heavy (non-hydrogen) atoms. The fourth-order valence-corrected chi connectivity index (χ4v) is 2.02. The van der Waals surface area contributed by atoms with Gasteiger partial charge in [-0.15, -0.1) is 0 Å². The van der Waals surface area contributed by atoms with Crippen LogP contribution in [0.1, 0.15) is 37.9 Å². The number of ether oxygens (including phenoxy) is 1. The van der Waals surface area contributed by atoms with Gasteiger partial charge in [-0.1, -0.05) is 11.6 Å². The van der Waals surface area contributed by atoms with Crippen molar-refractivity contribution in [2.75, 3.05) is 25.1 Å². The Bertz CT molecular complexity index is 494. The highest BCUT2D eigenvalue weighted by Gasteiger charge is 2.31. The van der Waals surface area contributed by atoms with Gasteiger partial charge in [0.05, 0.1) is 4.92 Å². The van der Waals surface area contributed by atoms with E-state index in [2.05, 4.69) is 15.3 Å². The van der Waals surface area contributed by atoms with Crippen LogP contribution in [0.2, 0.25) is 5.15 Å². The molecule has 0 saturated heterocycles. The number of nitrogens with one attached hydrogen (secondary N) is 1. The van der Waals surface area contributed by atoms with Gasteiger partial charge < -0.3 is 10.1 Å². The molecule has 1 N–H and O–H groups in total. The Kier molecular flexibility index (Phi) is 5.08. The van der Waals surface area contributed by atoms with E-state index in [1.54, 1.807) is 0 Å². The van der Waals surface area contributed by atoms with E-state index in [0.717, 1.165) is 19.3 Å². The van der Waals surface area contributed by atoms with Gasteiger partial charge in [-0.05, 0) is 26.2 Å². The summed E-state index contributed by atoms with van der Waals surface area (Å²) in [5.41, 5.74) is -0.257. The lowest BCUT2D eigenvalue weighted by Gasteiger charge is -2.08. The van der Waals surface area contributed by atoms with Crippen LogP contribution in [0, 0.1) is 10.1 Å². The summed E-state index contributed by atoms with van der Waals surface area (Å²) in [6.07, 6.45) is 2.77. The van der Waals surface area contributed by atoms with E-state index in [-0.39, 0.29) is 22.6 Å². The molecule has 0 amide bonds. The molecule has 0 spiro atoms. The summed E-state index contributed by atoms with van der Waals surface area (Å²) in [6.45, 7) is 3.72. The minimum atomic E-state index is -0.552. The molecule has 1 aromatic heterocycles. The van der Waals surface area contributed by atoms with Crippen molar-refractivity contribution in [2.45, 2.75) is 32.1 Å². The predicted molar refractivity (Wildman–Crippen MR) is 75.3 cm³/mol. The highest BCUT2D eigenvalue weighted by atomic mass is 35.5. The number of hydrogen-bond donors (Lipinski definition) is 1. The summed E-state index contributed by atoms with van der Waals surface area (Å²) in [4.78, 5) is 18.8. The molecular weight excluding hydrogens is 284 g/mol. The maximum Gasteiger partial charge on any atom is 0.348 e. The van der Waals surface area contributed by atoms with Gasteiger partial charge >= 0.3 is 5.69 Å². The zero-order valence-electron chi connectivity index (χ0n) is 11.3. The van der Waals surface area contributed by atoms with Gasteiger partial charge in [-0.25, -0.2) is 9.97 Å². The first-order valence-corrected chi connectivity index (χ1v) is 7.04. The lowest BCUT2D eigenvalue weighted by molar-refractivity contribution is -0.384. The van der Waals surface area contributed by atoms with Crippen LogP contribution in [0.4, 0.5) is 11.5 Å². The summed E-state index contributed by atoms with van der Waals surface area (Å²) < 4.78 is 5.21. The third-order valence-electron chi connectivity index (χ3n) is 2.95. The van der Waals surface area contributed by atoms with Crippen molar-refractivity contribution in [3.8, 4) is 0 Å². The number of rotatable bonds is 8. The van der Waals surface area contributed by atoms with Gasteiger partial charge in [-0.2, -0.15) is 0 Å². The van der Waals surface area contributed by atoms with Crippen LogP contribution in [0.15, 0.2) is 0 Å². The number of hydrogen-bond acceptors (Lipinski definition) is 6. The molecule has 110 valence electrons. The number of aromatic nitrogens is 2. The largest absolute Gasteiger partial charge is 0.382 e. The minimum absolute atomic E-state index is 0.0980. The maximum atomic E-state index is 11.1. The van der Waals surface area contributed by atoms with Gasteiger partial charge in [0.15, 0.2) is 0 Å². The lowest BCUT2D eigenvalue weighted by atomic mass is 10.3. The van der Waals surface area contributed by atoms with Crippen molar-refractivity contribution in [2.24, 2.45) is 0 Å². The Hall–Kier alpha value is -1.47. The molecule has 0 aromatic carbocycles. The molecule has 0 aliphatic heterocycles. The van der Waals surface area contributed by atoms with Gasteiger partial charge in [-0.3, -0.25) is 10.1 Å². The molecule has 0 radical (unpaired) electrons. The highest BCUT2D eigenvalue weighted by molar-refractivity contribution is 6.31. The third kappa shape index (κ3) is 3.77. The summed E-state index contributed by atoms with van der Waals surface area (Å²) >= 11 is 5.91. The molecule has 1 aliphatic rings. The van der Waals surface area contributed by atoms with Crippen molar-refractivity contribution in [1.29, 1.82) is 0 Å². The van der Waals surface area contributed by atoms with E-state index in [4.69, 9.17) is 16.3 Å². The fraction of sp³-hybridized carbons (Fsp3) is 0.667. The Morgan fingerprint density at radius 3 is 2.85 bits per heavy atom. The molecule has 1 aliphatic carbocycles. The lowest BCUT2D eigenvalue weighted by Crippen LogP contribution is -2.11. The average molecular weight is 301 g/mol. The molecule has 7 nitrogen and oxygen atoms in total. The van der Waals surface area contributed by atoms with Crippen molar-refractivity contribution in [1.82, 2.24) is 9.97 Å². The standard InChI is InChI=1S/C12H17ClN4O3/c1-2-20-7-3-6-14-12-9(17(18)19)10(13)15-11(16-12)8-4-5-8/h8H,2-7H2,1H3,(H,14,15,16). The summed E-state index contributed by atoms with van der Waals surface area (Å²) in [6, 6.07) is 0. The molecule has 2 rings (SSSR count). The van der Waals surface area contributed by atoms with Crippen LogP contribution in [-0.2, 0) is 4.74 Å². The second-order valence-electron chi connectivity index (χ2n) is 4.58. The fourth-order valence-electron chi connectivity index (χ4n) is 1.78. The van der Waals surface area contributed by atoms with E-state index >= 15 is 0 Å². The smallest absolute Gasteiger partial charge is 0.348 e. The van der Waals surface area contributed by atoms with E-state index in [9.17, 15) is 10.1 Å². The second-order valence-corrected chi connectivity index (χ2v) is 4.94. The van der Waals surface area contributed by atoms with Crippen molar-refractivity contribution in [3.63, 3.8) is 0 Å². The third-order valence-corrected chi connectivity index (χ3v) is 3.21. The molecular formula is C12H17ClN4O3. The Morgan fingerprint density at radius 2 is 2.25 bits per heavy atom. The SMILES string of the molecule is CCOCCCNc1nc(C2CC2)nc(Cl)c1[N+](=O)[O-]. The molecule has 1 saturated carbocycles. The van der Waals surface area contributed by atoms with Gasteiger partial charge in [0.2, 0.25) is 11.0 Å². The summed E-state index contributed by atoms with van der Waals surface area (Å²) in [5.74, 6) is 1.08. The van der Waals surface area contributed by atoms with Crippen LogP contribution in [0.3, 0.4) is 0 Å². The first-order valence-electron chi connectivity index (χ1n) is 6.67. The number of halogens is 1. The molecule has 1 aromatic rings. The minimum Gasteiger partial charge on any atom is -0.382 e. The Labute approximate surface area is 121 Å². The van der Waals surface area contributed by atoms with Gasteiger partial charge in [0.1, 0.15) is 5.82 Å². The van der Waals surface area contributed by atoms with Crippen molar-refractivity contribution in [3.05, 3.63) is 21.1 Å². The van der Waals surface area contributed by atoms with Gasteiger partial charge in [0.25, 0.3) is 0 Å². The highest BCUT2D eigenvalue weighted by Crippen LogP contribution is 2.41. The first kappa shape index (κ1) is 14.9. The Balaban J connectivity index is 2.09. The molecule has 0 bridgehead atoms. The van der Waals surface area contributed by atoms with E-state index in [1.165, 1.54) is 0 Å². The van der Waals surface area contributed by atoms with E-state index < -0.39 is 4.92 Å². The monoisotopic (exact) mass is 300 g/mol. The predicted octanol–water partition coefficient (Wildman–Crippen LogP) is 2.75. The van der Waals surface area contributed by atoms with Crippen molar-refractivity contribution >= 4 is 23.1 Å². The number of nitro groups is 1. The number of anilines is 1. The zero-order valence-corrected chi connectivity index (χ0v) is 12.0. The second kappa shape index (κ2) is 6.81. The molecule has 1 fully saturated rings. The summed E-state index contributed by atoms with van der Waals surface area (Å²) in [7, 11) is 0. The molecule has 0 unspecified atom stereocenters. The quantitative estimate of drug-likeness (QED) is 0.343. The van der Waals surface area contributed by atoms with Crippen LogP contribution in [0.5, 0.6) is 0 Å². The van der Waals surface area contributed by atoms with Crippen LogP contribution in [0.25, 0.3) is 0 Å². The van der Waals surface area contributed by atoms with Crippen LogP contribution in [-0.4, -0.2) is 34.6 Å². The molecule has 1 heterocycles.